The second kappa shape index (κ2) is 11.8. The molecule has 0 saturated heterocycles. The van der Waals surface area contributed by atoms with Crippen LogP contribution in [0.15, 0.2) is 25.2 Å². The minimum absolute atomic E-state index is 0.0133. The van der Waals surface area contributed by atoms with Crippen LogP contribution < -0.4 is 26.5 Å². The van der Waals surface area contributed by atoms with Gasteiger partial charge < -0.3 is 20.1 Å². The molecule has 2 aromatic rings. The molecule has 0 radical (unpaired) electrons. The first kappa shape index (κ1) is 32.5. The van der Waals surface area contributed by atoms with Crippen molar-refractivity contribution in [1.82, 2.24) is 0 Å². The predicted molar refractivity (Wildman–Crippen MR) is 174 cm³/mol. The molecule has 3 aliphatic carbocycles. The maximum atomic E-state index is 14.2. The van der Waals surface area contributed by atoms with Crippen molar-refractivity contribution in [2.45, 2.75) is 85.5 Å². The molecule has 1 fully saturated rings. The van der Waals surface area contributed by atoms with E-state index in [1.54, 1.807) is 27.7 Å². The number of rotatable bonds is 6. The van der Waals surface area contributed by atoms with Crippen LogP contribution in [-0.4, -0.2) is 27.6 Å². The van der Waals surface area contributed by atoms with Crippen molar-refractivity contribution < 1.29 is 29.6 Å². The molecule has 3 aliphatic rings. The maximum Gasteiger partial charge on any atom is 0.314 e. The van der Waals surface area contributed by atoms with Gasteiger partial charge in [0, 0.05) is 55.3 Å². The Labute approximate surface area is 264 Å². The third kappa shape index (κ3) is 4.78. The summed E-state index contributed by atoms with van der Waals surface area (Å²) < 4.78 is 5.75. The Bertz CT molecular complexity index is 2120. The minimum Gasteiger partial charge on any atom is -0.507 e. The van der Waals surface area contributed by atoms with Crippen molar-refractivity contribution >= 4 is 23.0 Å². The molecule has 0 bridgehead atoms. The van der Waals surface area contributed by atoms with E-state index < -0.39 is 67.9 Å². The number of ether oxygens (including phenoxy) is 1. The summed E-state index contributed by atoms with van der Waals surface area (Å²) in [5.74, 6) is -3.45. The highest BCUT2D eigenvalue weighted by molar-refractivity contribution is 6.06. The van der Waals surface area contributed by atoms with E-state index in [1.807, 2.05) is 0 Å². The zero-order valence-electron chi connectivity index (χ0n) is 26.6. The molecule has 3 N–H and O–H groups in total. The van der Waals surface area contributed by atoms with Crippen molar-refractivity contribution in [2.75, 3.05) is 0 Å². The molecule has 0 spiro atoms. The first-order valence-corrected chi connectivity index (χ1v) is 15.4. The molecule has 46 heavy (non-hydrogen) atoms. The number of hydrogen-bond acceptors (Lipinski definition) is 10. The topological polar surface area (TPSA) is 172 Å². The van der Waals surface area contributed by atoms with Gasteiger partial charge in [-0.1, -0.05) is 47.0 Å². The van der Waals surface area contributed by atoms with E-state index >= 15 is 0 Å². The fourth-order valence-corrected chi connectivity index (χ4v) is 6.99. The first-order valence-electron chi connectivity index (χ1n) is 15.4. The molecule has 10 nitrogen and oxygen atoms in total. The van der Waals surface area contributed by atoms with Crippen LogP contribution in [0.1, 0.15) is 104 Å². The highest BCUT2D eigenvalue weighted by Gasteiger charge is 2.34. The number of aldehydes is 1. The van der Waals surface area contributed by atoms with Crippen molar-refractivity contribution in [2.24, 2.45) is 5.92 Å². The Morgan fingerprint density at radius 1 is 0.761 bits per heavy atom. The van der Waals surface area contributed by atoms with Crippen LogP contribution in [-0.2, 0) is 4.79 Å². The Kier molecular flexibility index (Phi) is 8.36. The van der Waals surface area contributed by atoms with Gasteiger partial charge in [-0.25, -0.2) is 0 Å². The fourth-order valence-electron chi connectivity index (χ4n) is 6.99. The van der Waals surface area contributed by atoms with Gasteiger partial charge in [-0.2, -0.15) is 0 Å². The largest absolute Gasteiger partial charge is 0.507 e. The molecule has 0 unspecified atom stereocenters. The second-order valence-electron chi connectivity index (χ2n) is 12.8. The Morgan fingerprint density at radius 2 is 1.37 bits per heavy atom. The quantitative estimate of drug-likeness (QED) is 0.0846. The molecule has 5 rings (SSSR count). The standard InChI is InChI=1S/C36H36O10/c1-14(2)22-28-27(20(13-37)32(42)34(22)44)33(43)25(17(6)30(28)40)24-16(5)29(39)26-19(31(24)41)12-21(38)35(23(26)15(3)4)46-36(45)18-10-8-7-9-11-18/h12-15,18,38-39,41H,7-11H2,1-6H3. The van der Waals surface area contributed by atoms with Gasteiger partial charge in [-0.05, 0) is 44.6 Å². The average Bonchev–Trinajstić information content (AvgIpc) is 3.01. The van der Waals surface area contributed by atoms with Gasteiger partial charge in [0.05, 0.1) is 11.5 Å². The molecule has 0 aliphatic heterocycles. The van der Waals surface area contributed by atoms with E-state index in [0.717, 1.165) is 25.3 Å². The summed E-state index contributed by atoms with van der Waals surface area (Å²) in [4.78, 5) is 79.0. The Morgan fingerprint density at radius 3 is 1.93 bits per heavy atom. The van der Waals surface area contributed by atoms with Gasteiger partial charge >= 0.3 is 5.97 Å². The van der Waals surface area contributed by atoms with E-state index in [0.29, 0.717) is 12.8 Å². The van der Waals surface area contributed by atoms with Gasteiger partial charge in [-0.15, -0.1) is 0 Å². The number of aromatic hydroxyl groups is 3. The van der Waals surface area contributed by atoms with Gasteiger partial charge in [0.25, 0.3) is 0 Å². The smallest absolute Gasteiger partial charge is 0.314 e. The lowest BCUT2D eigenvalue weighted by atomic mass is 9.81. The molecule has 2 aromatic carbocycles. The van der Waals surface area contributed by atoms with Crippen LogP contribution in [0.3, 0.4) is 0 Å². The summed E-state index contributed by atoms with van der Waals surface area (Å²) in [5, 5.41) is 34.5. The molecular weight excluding hydrogens is 592 g/mol. The highest BCUT2D eigenvalue weighted by Crippen LogP contribution is 2.52. The molecule has 240 valence electrons. The SMILES string of the molecule is Cc1c(-c2c(C)c(=O)c3c(C(C)C)c(=O)c(=O)c(C=O)c-3c2=O)c(O)c2cc(O)c(OC(=O)C3CCCCC3)c(C(C)C)c2c1O. The molecular formula is C36H36O10. The van der Waals surface area contributed by atoms with Crippen molar-refractivity contribution in [1.29, 1.82) is 0 Å². The first-order chi connectivity index (χ1) is 21.6. The molecule has 0 amide bonds. The maximum absolute atomic E-state index is 14.2. The second-order valence-corrected chi connectivity index (χ2v) is 12.8. The molecule has 0 aromatic heterocycles. The zero-order valence-corrected chi connectivity index (χ0v) is 26.6. The van der Waals surface area contributed by atoms with Crippen LogP contribution in [0.25, 0.3) is 33.0 Å². The number of fused-ring (bicyclic) bond motifs is 2. The lowest BCUT2D eigenvalue weighted by Crippen LogP contribution is -2.38. The van der Waals surface area contributed by atoms with E-state index in [4.69, 9.17) is 4.74 Å². The summed E-state index contributed by atoms with van der Waals surface area (Å²) in [6, 6.07) is 1.12. The van der Waals surface area contributed by atoms with E-state index in [2.05, 4.69) is 0 Å². The number of hydrogen-bond donors (Lipinski definition) is 3. The predicted octanol–water partition coefficient (Wildman–Crippen LogP) is 5.21. The number of esters is 1. The number of phenols is 3. The Hall–Kier alpha value is -4.86. The third-order valence-electron chi connectivity index (χ3n) is 9.30. The van der Waals surface area contributed by atoms with Crippen LogP contribution in [0.5, 0.6) is 23.0 Å². The summed E-state index contributed by atoms with van der Waals surface area (Å²) in [5.41, 5.74) is -6.26. The lowest BCUT2D eigenvalue weighted by Gasteiger charge is -2.24. The van der Waals surface area contributed by atoms with Crippen molar-refractivity contribution in [3.63, 3.8) is 0 Å². The summed E-state index contributed by atoms with van der Waals surface area (Å²) in [6.45, 7) is 9.43. The molecule has 0 heterocycles. The lowest BCUT2D eigenvalue weighted by molar-refractivity contribution is -0.140. The molecule has 1 saturated carbocycles. The highest BCUT2D eigenvalue weighted by atomic mass is 16.5. The van der Waals surface area contributed by atoms with E-state index in [9.17, 15) is 44.1 Å². The number of carbonyl (C=O) groups is 2. The fraction of sp³-hybridized carbons (Fsp3) is 0.389. The minimum atomic E-state index is -1.21. The monoisotopic (exact) mass is 628 g/mol. The normalized spacial score (nSPS) is 14.1. The number of benzene rings is 4. The molecule has 10 heteroatoms. The summed E-state index contributed by atoms with van der Waals surface area (Å²) in [6.07, 6.45) is 4.21. The summed E-state index contributed by atoms with van der Waals surface area (Å²) >= 11 is 0. The van der Waals surface area contributed by atoms with Crippen LogP contribution in [0.2, 0.25) is 0 Å². The van der Waals surface area contributed by atoms with Gasteiger partial charge in [-0.3, -0.25) is 28.8 Å². The van der Waals surface area contributed by atoms with Crippen LogP contribution >= 0.6 is 0 Å². The van der Waals surface area contributed by atoms with Gasteiger partial charge in [0.1, 0.15) is 11.5 Å². The number of carbonyl (C=O) groups excluding carboxylic acids is 2. The number of phenolic OH excluding ortho intramolecular Hbond substituents is 3. The zero-order chi connectivity index (χ0) is 33.9. The molecule has 0 atom stereocenters. The van der Waals surface area contributed by atoms with Crippen molar-refractivity contribution in [3.05, 3.63) is 74.8 Å². The van der Waals surface area contributed by atoms with Crippen LogP contribution in [0.4, 0.5) is 0 Å². The summed E-state index contributed by atoms with van der Waals surface area (Å²) in [7, 11) is 0. The third-order valence-corrected chi connectivity index (χ3v) is 9.30. The van der Waals surface area contributed by atoms with Gasteiger partial charge in [0.15, 0.2) is 28.6 Å². The van der Waals surface area contributed by atoms with Crippen LogP contribution in [0, 0.1) is 19.8 Å². The average molecular weight is 629 g/mol. The van der Waals surface area contributed by atoms with Gasteiger partial charge in [0.2, 0.25) is 10.9 Å². The van der Waals surface area contributed by atoms with Crippen molar-refractivity contribution in [3.8, 4) is 45.3 Å². The van der Waals surface area contributed by atoms with E-state index in [1.165, 1.54) is 13.8 Å². The van der Waals surface area contributed by atoms with E-state index in [-0.39, 0.29) is 67.7 Å². The Balaban J connectivity index is 1.88.